The fourth-order valence-corrected chi connectivity index (χ4v) is 1.89. The number of carbonyl (C=O) groups excluding carboxylic acids is 1. The number of hydrogen-bond acceptors (Lipinski definition) is 3. The molecule has 4 nitrogen and oxygen atoms in total. The van der Waals surface area contributed by atoms with Crippen LogP contribution in [0.15, 0.2) is 12.1 Å². The monoisotopic (exact) mass is 300 g/mol. The Hall–Kier alpha value is -1.53. The topological polar surface area (TPSA) is 50.4 Å². The van der Waals surface area contributed by atoms with E-state index in [2.05, 4.69) is 10.6 Å². The normalized spacial score (nSPS) is 12.2. The molecule has 0 bridgehead atoms. The largest absolute Gasteiger partial charge is 0.383 e. The first-order chi connectivity index (χ1) is 9.95. The van der Waals surface area contributed by atoms with Crippen LogP contribution in [0.2, 0.25) is 0 Å². The molecule has 118 valence electrons. The van der Waals surface area contributed by atoms with Crippen molar-refractivity contribution in [2.24, 2.45) is 0 Å². The smallest absolute Gasteiger partial charge is 0.221 e. The van der Waals surface area contributed by atoms with E-state index in [1.54, 1.807) is 14.0 Å². The minimum Gasteiger partial charge on any atom is -0.383 e. The second-order valence-electron chi connectivity index (χ2n) is 4.89. The van der Waals surface area contributed by atoms with Gasteiger partial charge in [0, 0.05) is 38.2 Å². The number of ether oxygens (including phenoxy) is 1. The summed E-state index contributed by atoms with van der Waals surface area (Å²) in [5, 5.41) is 5.70. The molecule has 0 aliphatic rings. The summed E-state index contributed by atoms with van der Waals surface area (Å²) >= 11 is 0. The molecule has 0 aromatic heterocycles. The number of amides is 1. The van der Waals surface area contributed by atoms with E-state index in [1.807, 2.05) is 0 Å². The second kappa shape index (κ2) is 8.69. The molecule has 0 saturated carbocycles. The third-order valence-corrected chi connectivity index (χ3v) is 3.18. The van der Waals surface area contributed by atoms with E-state index in [4.69, 9.17) is 4.74 Å². The number of aryl methyl sites for hydroxylation is 1. The predicted octanol–water partition coefficient (Wildman–Crippen LogP) is 2.08. The Bertz CT molecular complexity index is 481. The average Bonchev–Trinajstić information content (AvgIpc) is 2.43. The molecule has 0 radical (unpaired) electrons. The van der Waals surface area contributed by atoms with Gasteiger partial charge in [0.1, 0.15) is 11.6 Å². The molecule has 6 heteroatoms. The molecule has 2 N–H and O–H groups in total. The van der Waals surface area contributed by atoms with Crippen LogP contribution in [-0.4, -0.2) is 32.7 Å². The Morgan fingerprint density at radius 2 is 2.00 bits per heavy atom. The van der Waals surface area contributed by atoms with E-state index in [0.717, 1.165) is 0 Å². The fraction of sp³-hybridized carbons (Fsp3) is 0.533. The van der Waals surface area contributed by atoms with Gasteiger partial charge in [0.05, 0.1) is 6.61 Å². The van der Waals surface area contributed by atoms with Crippen molar-refractivity contribution in [3.05, 3.63) is 34.9 Å². The summed E-state index contributed by atoms with van der Waals surface area (Å²) in [4.78, 5) is 11.5. The molecule has 1 atom stereocenters. The van der Waals surface area contributed by atoms with E-state index < -0.39 is 11.6 Å². The van der Waals surface area contributed by atoms with Gasteiger partial charge >= 0.3 is 0 Å². The molecule has 1 aromatic carbocycles. The average molecular weight is 300 g/mol. The molecule has 0 aliphatic carbocycles. The van der Waals surface area contributed by atoms with Crippen molar-refractivity contribution in [2.75, 3.05) is 26.8 Å². The summed E-state index contributed by atoms with van der Waals surface area (Å²) in [6.07, 6.45) is 0.268. The molecule has 0 fully saturated rings. The minimum absolute atomic E-state index is 0.109. The lowest BCUT2D eigenvalue weighted by Crippen LogP contribution is -2.31. The van der Waals surface area contributed by atoms with E-state index >= 15 is 0 Å². The summed E-state index contributed by atoms with van der Waals surface area (Å²) in [7, 11) is 1.56. The van der Waals surface area contributed by atoms with Gasteiger partial charge in [0.15, 0.2) is 0 Å². The molecule has 0 heterocycles. The van der Waals surface area contributed by atoms with Crippen molar-refractivity contribution in [3.63, 3.8) is 0 Å². The molecule has 0 saturated heterocycles. The van der Waals surface area contributed by atoms with Crippen molar-refractivity contribution >= 4 is 5.91 Å². The van der Waals surface area contributed by atoms with Gasteiger partial charge in [-0.25, -0.2) is 8.78 Å². The van der Waals surface area contributed by atoms with Crippen molar-refractivity contribution in [3.8, 4) is 0 Å². The summed E-state index contributed by atoms with van der Waals surface area (Å²) in [5.74, 6) is -0.988. The molecule has 1 unspecified atom stereocenters. The first-order valence-electron chi connectivity index (χ1n) is 6.90. The third-order valence-electron chi connectivity index (χ3n) is 3.18. The van der Waals surface area contributed by atoms with E-state index in [0.29, 0.717) is 19.7 Å². The third kappa shape index (κ3) is 5.77. The summed E-state index contributed by atoms with van der Waals surface area (Å²) in [5.41, 5.74) is 0.541. The van der Waals surface area contributed by atoms with Gasteiger partial charge in [-0.05, 0) is 31.5 Å². The molecular weight excluding hydrogens is 278 g/mol. The minimum atomic E-state index is -0.446. The van der Waals surface area contributed by atoms with Gasteiger partial charge in [-0.15, -0.1) is 0 Å². The number of nitrogens with one attached hydrogen (secondary N) is 2. The first kappa shape index (κ1) is 17.5. The summed E-state index contributed by atoms with van der Waals surface area (Å²) in [6, 6.07) is 2.01. The molecule has 1 amide bonds. The Balaban J connectivity index is 2.42. The van der Waals surface area contributed by atoms with Crippen molar-refractivity contribution in [2.45, 2.75) is 26.3 Å². The van der Waals surface area contributed by atoms with Gasteiger partial charge in [0.25, 0.3) is 0 Å². The van der Waals surface area contributed by atoms with Crippen LogP contribution >= 0.6 is 0 Å². The summed E-state index contributed by atoms with van der Waals surface area (Å²) < 4.78 is 32.1. The predicted molar refractivity (Wildman–Crippen MR) is 77.0 cm³/mol. The van der Waals surface area contributed by atoms with Gasteiger partial charge in [-0.1, -0.05) is 0 Å². The van der Waals surface area contributed by atoms with E-state index in [-0.39, 0.29) is 29.5 Å². The maximum Gasteiger partial charge on any atom is 0.221 e. The number of halogens is 2. The molecule has 21 heavy (non-hydrogen) atoms. The number of carbonyl (C=O) groups is 1. The highest BCUT2D eigenvalue weighted by atomic mass is 19.1. The van der Waals surface area contributed by atoms with Gasteiger partial charge in [-0.3, -0.25) is 4.79 Å². The lowest BCUT2D eigenvalue weighted by molar-refractivity contribution is -0.121. The van der Waals surface area contributed by atoms with Crippen LogP contribution in [0, 0.1) is 18.6 Å². The molecule has 1 aromatic rings. The zero-order valence-electron chi connectivity index (χ0n) is 12.6. The number of rotatable bonds is 8. The van der Waals surface area contributed by atoms with Crippen LogP contribution in [-0.2, 0) is 9.53 Å². The number of benzene rings is 1. The van der Waals surface area contributed by atoms with Crippen LogP contribution < -0.4 is 10.6 Å². The quantitative estimate of drug-likeness (QED) is 0.723. The Kier molecular flexibility index (Phi) is 7.25. The highest BCUT2D eigenvalue weighted by Crippen LogP contribution is 2.20. The van der Waals surface area contributed by atoms with Gasteiger partial charge < -0.3 is 15.4 Å². The Labute approximate surface area is 123 Å². The maximum absolute atomic E-state index is 13.8. The number of methoxy groups -OCH3 is 1. The maximum atomic E-state index is 13.8. The van der Waals surface area contributed by atoms with Crippen LogP contribution in [0.5, 0.6) is 0 Å². The van der Waals surface area contributed by atoms with Crippen molar-refractivity contribution in [1.29, 1.82) is 0 Å². The lowest BCUT2D eigenvalue weighted by Gasteiger charge is -2.15. The Morgan fingerprint density at radius 1 is 1.29 bits per heavy atom. The highest BCUT2D eigenvalue weighted by molar-refractivity contribution is 5.76. The van der Waals surface area contributed by atoms with Crippen LogP contribution in [0.25, 0.3) is 0 Å². The van der Waals surface area contributed by atoms with Crippen LogP contribution in [0.1, 0.15) is 30.5 Å². The highest BCUT2D eigenvalue weighted by Gasteiger charge is 2.13. The van der Waals surface area contributed by atoms with Crippen molar-refractivity contribution in [1.82, 2.24) is 10.6 Å². The van der Waals surface area contributed by atoms with Gasteiger partial charge in [-0.2, -0.15) is 0 Å². The van der Waals surface area contributed by atoms with Crippen LogP contribution in [0.3, 0.4) is 0 Å². The molecular formula is C15H22F2N2O2. The zero-order chi connectivity index (χ0) is 15.8. The first-order valence-corrected chi connectivity index (χ1v) is 6.90. The van der Waals surface area contributed by atoms with E-state index in [9.17, 15) is 13.6 Å². The van der Waals surface area contributed by atoms with Crippen molar-refractivity contribution < 1.29 is 18.3 Å². The van der Waals surface area contributed by atoms with Crippen LogP contribution in [0.4, 0.5) is 8.78 Å². The molecule has 0 aliphatic heterocycles. The number of hydrogen-bond donors (Lipinski definition) is 2. The standard InChI is InChI=1S/C15H22F2N2O2/c1-10-8-14(17)12(9-13(10)16)11(2)18-5-4-15(20)19-6-7-21-3/h8-9,11,18H,4-7H2,1-3H3,(H,19,20). The molecule has 1 rings (SSSR count). The fourth-order valence-electron chi connectivity index (χ4n) is 1.89. The zero-order valence-corrected chi connectivity index (χ0v) is 12.6. The molecule has 0 spiro atoms. The van der Waals surface area contributed by atoms with E-state index in [1.165, 1.54) is 19.1 Å². The second-order valence-corrected chi connectivity index (χ2v) is 4.89. The summed E-state index contributed by atoms with van der Waals surface area (Å²) in [6.45, 7) is 4.56. The SMILES string of the molecule is COCCNC(=O)CCNC(C)c1cc(F)c(C)cc1F. The Morgan fingerprint density at radius 3 is 2.67 bits per heavy atom. The van der Waals surface area contributed by atoms with Gasteiger partial charge in [0.2, 0.25) is 5.91 Å². The lowest BCUT2D eigenvalue weighted by atomic mass is 10.0.